The predicted molar refractivity (Wildman–Crippen MR) is 56.4 cm³/mol. The Morgan fingerprint density at radius 3 is 2.15 bits per heavy atom. The summed E-state index contributed by atoms with van der Waals surface area (Å²) in [5.74, 6) is 0. The quantitative estimate of drug-likeness (QED) is 0.431. The van der Waals surface area contributed by atoms with E-state index in [9.17, 15) is 10.1 Å². The molecule has 0 unspecified atom stereocenters. The maximum absolute atomic E-state index is 10.2. The molecule has 0 saturated heterocycles. The SMILES string of the molecule is Cl.Cl.Nc1ccc(N)c([N+](=O)[O-])c1. The highest BCUT2D eigenvalue weighted by Crippen LogP contribution is 2.22. The summed E-state index contributed by atoms with van der Waals surface area (Å²) in [7, 11) is 0. The van der Waals surface area contributed by atoms with Gasteiger partial charge in [0.05, 0.1) is 4.92 Å². The monoisotopic (exact) mass is 225 g/mol. The van der Waals surface area contributed by atoms with Gasteiger partial charge in [-0.3, -0.25) is 10.1 Å². The van der Waals surface area contributed by atoms with Crippen LogP contribution in [0, 0.1) is 10.1 Å². The molecule has 0 aromatic heterocycles. The lowest BCUT2D eigenvalue weighted by molar-refractivity contribution is -0.383. The van der Waals surface area contributed by atoms with Crippen LogP contribution in [0.5, 0.6) is 0 Å². The smallest absolute Gasteiger partial charge is 0.294 e. The van der Waals surface area contributed by atoms with Crippen LogP contribution in [0.3, 0.4) is 0 Å². The second-order valence-electron chi connectivity index (χ2n) is 2.08. The van der Waals surface area contributed by atoms with Crippen LogP contribution in [0.1, 0.15) is 0 Å². The molecule has 74 valence electrons. The van der Waals surface area contributed by atoms with Crippen LogP contribution in [-0.4, -0.2) is 4.92 Å². The Kier molecular flexibility index (Phi) is 6.00. The number of nitrogens with zero attached hydrogens (tertiary/aromatic N) is 1. The van der Waals surface area contributed by atoms with E-state index in [0.29, 0.717) is 5.69 Å². The summed E-state index contributed by atoms with van der Waals surface area (Å²) < 4.78 is 0. The molecule has 0 aliphatic rings. The summed E-state index contributed by atoms with van der Waals surface area (Å²) in [6.07, 6.45) is 0. The molecule has 13 heavy (non-hydrogen) atoms. The number of hydrogen-bond donors (Lipinski definition) is 2. The van der Waals surface area contributed by atoms with E-state index in [-0.39, 0.29) is 36.2 Å². The second kappa shape index (κ2) is 5.45. The van der Waals surface area contributed by atoms with Gasteiger partial charge in [-0.05, 0) is 12.1 Å². The molecule has 1 aromatic rings. The highest BCUT2D eigenvalue weighted by Gasteiger charge is 2.09. The van der Waals surface area contributed by atoms with E-state index >= 15 is 0 Å². The van der Waals surface area contributed by atoms with Crippen LogP contribution in [0.25, 0.3) is 0 Å². The fraction of sp³-hybridized carbons (Fsp3) is 0. The van der Waals surface area contributed by atoms with Crippen molar-refractivity contribution >= 4 is 41.9 Å². The molecule has 7 heteroatoms. The van der Waals surface area contributed by atoms with Crippen molar-refractivity contribution in [2.45, 2.75) is 0 Å². The Balaban J connectivity index is 0. The third-order valence-corrected chi connectivity index (χ3v) is 1.25. The molecule has 0 aliphatic carbocycles. The number of rotatable bonds is 1. The molecule has 0 saturated carbocycles. The Labute approximate surface area is 87.1 Å². The van der Waals surface area contributed by atoms with E-state index in [1.54, 1.807) is 0 Å². The van der Waals surface area contributed by atoms with Crippen molar-refractivity contribution in [3.63, 3.8) is 0 Å². The highest BCUT2D eigenvalue weighted by molar-refractivity contribution is 5.85. The van der Waals surface area contributed by atoms with Crippen molar-refractivity contribution in [3.05, 3.63) is 28.3 Å². The summed E-state index contributed by atoms with van der Waals surface area (Å²) in [6.45, 7) is 0. The first-order valence-electron chi connectivity index (χ1n) is 2.90. The summed E-state index contributed by atoms with van der Waals surface area (Å²) >= 11 is 0. The third-order valence-electron chi connectivity index (χ3n) is 1.25. The van der Waals surface area contributed by atoms with Crippen molar-refractivity contribution < 1.29 is 4.92 Å². The lowest BCUT2D eigenvalue weighted by atomic mass is 10.2. The van der Waals surface area contributed by atoms with Crippen LogP contribution in [0.2, 0.25) is 0 Å². The minimum absolute atomic E-state index is 0. The molecule has 1 rings (SSSR count). The minimum Gasteiger partial charge on any atom is -0.399 e. The molecule has 0 amide bonds. The van der Waals surface area contributed by atoms with Crippen LogP contribution in [-0.2, 0) is 0 Å². The topological polar surface area (TPSA) is 95.2 Å². The predicted octanol–water partition coefficient (Wildman–Crippen LogP) is 1.60. The number of nitrogens with two attached hydrogens (primary N) is 2. The fourth-order valence-electron chi connectivity index (χ4n) is 0.719. The molecular formula is C6H9Cl2N3O2. The first-order chi connectivity index (χ1) is 5.11. The Hall–Kier alpha value is -1.20. The van der Waals surface area contributed by atoms with E-state index in [4.69, 9.17) is 11.5 Å². The van der Waals surface area contributed by atoms with E-state index in [0.717, 1.165) is 0 Å². The van der Waals surface area contributed by atoms with Crippen molar-refractivity contribution in [2.75, 3.05) is 11.5 Å². The van der Waals surface area contributed by atoms with Crippen LogP contribution in [0.15, 0.2) is 18.2 Å². The summed E-state index contributed by atoms with van der Waals surface area (Å²) in [4.78, 5) is 9.68. The standard InChI is InChI=1S/C6H7N3O2.2ClH/c7-4-1-2-5(8)6(3-4)9(10)11;;/h1-3H,7-8H2;2*1H. The van der Waals surface area contributed by atoms with Crippen molar-refractivity contribution in [1.29, 1.82) is 0 Å². The highest BCUT2D eigenvalue weighted by atomic mass is 35.5. The number of hydrogen-bond acceptors (Lipinski definition) is 4. The summed E-state index contributed by atoms with van der Waals surface area (Å²) in [5.41, 5.74) is 10.9. The van der Waals surface area contributed by atoms with Crippen molar-refractivity contribution in [1.82, 2.24) is 0 Å². The number of halogens is 2. The van der Waals surface area contributed by atoms with Gasteiger partial charge in [0.15, 0.2) is 0 Å². The normalized spacial score (nSPS) is 8.00. The Bertz CT molecular complexity index is 306. The van der Waals surface area contributed by atoms with Gasteiger partial charge in [-0.2, -0.15) is 0 Å². The largest absolute Gasteiger partial charge is 0.399 e. The van der Waals surface area contributed by atoms with E-state index < -0.39 is 4.92 Å². The van der Waals surface area contributed by atoms with Gasteiger partial charge < -0.3 is 11.5 Å². The molecule has 0 aliphatic heterocycles. The van der Waals surface area contributed by atoms with Crippen molar-refractivity contribution in [2.24, 2.45) is 0 Å². The van der Waals surface area contributed by atoms with Crippen LogP contribution >= 0.6 is 24.8 Å². The Morgan fingerprint density at radius 2 is 1.77 bits per heavy atom. The first-order valence-corrected chi connectivity index (χ1v) is 2.90. The number of nitro groups is 1. The van der Waals surface area contributed by atoms with Crippen LogP contribution < -0.4 is 11.5 Å². The van der Waals surface area contributed by atoms with E-state index in [2.05, 4.69) is 0 Å². The Morgan fingerprint density at radius 1 is 1.23 bits per heavy atom. The summed E-state index contributed by atoms with van der Waals surface area (Å²) in [5, 5.41) is 10.2. The molecule has 0 fully saturated rings. The first kappa shape index (κ1) is 14.3. The van der Waals surface area contributed by atoms with E-state index in [1.165, 1.54) is 18.2 Å². The molecule has 0 bridgehead atoms. The number of nitro benzene ring substituents is 1. The number of anilines is 2. The van der Waals surface area contributed by atoms with E-state index in [1.807, 2.05) is 0 Å². The van der Waals surface area contributed by atoms with Gasteiger partial charge in [0.1, 0.15) is 5.69 Å². The van der Waals surface area contributed by atoms with Gasteiger partial charge >= 0.3 is 0 Å². The molecule has 5 nitrogen and oxygen atoms in total. The lowest BCUT2D eigenvalue weighted by Gasteiger charge is -1.96. The molecule has 0 heterocycles. The zero-order chi connectivity index (χ0) is 8.43. The van der Waals surface area contributed by atoms with Crippen LogP contribution in [0.4, 0.5) is 17.1 Å². The number of nitrogen functional groups attached to an aromatic ring is 2. The maximum atomic E-state index is 10.2. The van der Waals surface area contributed by atoms with Gasteiger partial charge in [0.25, 0.3) is 5.69 Å². The molecule has 0 spiro atoms. The third kappa shape index (κ3) is 3.35. The molecular weight excluding hydrogens is 217 g/mol. The van der Waals surface area contributed by atoms with Gasteiger partial charge in [-0.15, -0.1) is 24.8 Å². The molecule has 4 N–H and O–H groups in total. The minimum atomic E-state index is -0.564. The maximum Gasteiger partial charge on any atom is 0.294 e. The number of benzene rings is 1. The average Bonchev–Trinajstić information content (AvgIpc) is 1.94. The lowest BCUT2D eigenvalue weighted by Crippen LogP contribution is -1.96. The molecule has 0 radical (unpaired) electrons. The molecule has 0 atom stereocenters. The van der Waals surface area contributed by atoms with Gasteiger partial charge in [-0.25, -0.2) is 0 Å². The van der Waals surface area contributed by atoms with Gasteiger partial charge in [-0.1, -0.05) is 0 Å². The molecule has 1 aromatic carbocycles. The average molecular weight is 226 g/mol. The van der Waals surface area contributed by atoms with Crippen molar-refractivity contribution in [3.8, 4) is 0 Å². The summed E-state index contributed by atoms with van der Waals surface area (Å²) in [6, 6.07) is 4.16. The van der Waals surface area contributed by atoms with Gasteiger partial charge in [0.2, 0.25) is 0 Å². The van der Waals surface area contributed by atoms with Gasteiger partial charge in [0, 0.05) is 11.8 Å². The zero-order valence-corrected chi connectivity index (χ0v) is 8.10. The zero-order valence-electron chi connectivity index (χ0n) is 6.47. The fourth-order valence-corrected chi connectivity index (χ4v) is 0.719. The second-order valence-corrected chi connectivity index (χ2v) is 2.08.